The van der Waals surface area contributed by atoms with Gasteiger partial charge in [-0.25, -0.2) is 9.29 Å². The molecule has 0 spiro atoms. The molecule has 1 saturated heterocycles. The van der Waals surface area contributed by atoms with Gasteiger partial charge in [0.05, 0.1) is 0 Å². The van der Waals surface area contributed by atoms with Crippen molar-refractivity contribution >= 4 is 50.6 Å². The van der Waals surface area contributed by atoms with Crippen molar-refractivity contribution in [2.75, 3.05) is 12.8 Å². The van der Waals surface area contributed by atoms with E-state index in [2.05, 4.69) is 20.3 Å². The van der Waals surface area contributed by atoms with Gasteiger partial charge in [0.25, 0.3) is 11.8 Å². The summed E-state index contributed by atoms with van der Waals surface area (Å²) in [5, 5.41) is 7.18. The second kappa shape index (κ2) is 8.20. The Morgan fingerprint density at radius 1 is 1.64 bits per heavy atom. The van der Waals surface area contributed by atoms with E-state index in [1.54, 1.807) is 0 Å². The Morgan fingerprint density at radius 3 is 2.72 bits per heavy atom. The number of aromatic nitrogens is 1. The molecule has 2 amide bonds. The van der Waals surface area contributed by atoms with Crippen molar-refractivity contribution in [3.05, 3.63) is 11.1 Å². The first-order valence-corrected chi connectivity index (χ1v) is 8.37. The van der Waals surface area contributed by atoms with Gasteiger partial charge in [0.15, 0.2) is 10.8 Å². The van der Waals surface area contributed by atoms with Gasteiger partial charge >= 0.3 is 39.9 Å². The maximum Gasteiger partial charge on any atom is 1.00 e. The van der Waals surface area contributed by atoms with Gasteiger partial charge in [-0.3, -0.25) is 14.1 Å². The number of nitrogens with zero attached hydrogens (tertiary/aromatic N) is 3. The second-order valence-electron chi connectivity index (χ2n) is 4.38. The van der Waals surface area contributed by atoms with E-state index in [1.165, 1.54) is 12.5 Å². The van der Waals surface area contributed by atoms with Crippen LogP contribution in [0.2, 0.25) is 0 Å². The van der Waals surface area contributed by atoms with Gasteiger partial charge in [0.1, 0.15) is 31.2 Å². The van der Waals surface area contributed by atoms with E-state index in [-0.39, 0.29) is 58.1 Å². The van der Waals surface area contributed by atoms with E-state index in [4.69, 9.17) is 10.3 Å². The number of hydrogen-bond donors (Lipinski definition) is 3. The van der Waals surface area contributed by atoms with Crippen LogP contribution in [0, 0.1) is 0 Å². The molecule has 0 aliphatic carbocycles. The Bertz CT molecular complexity index is 829. The first-order valence-electron chi connectivity index (χ1n) is 6.10. The SMILES string of the molecule is CO/N=C(\C(=O)N[C@@H]1C(=O)N(S(=O)(=O)O)[C@@H]1C=O)c1csc(N)n1.[H-].[Na+]. The predicted octanol–water partition coefficient (Wildman–Crippen LogP) is -5.11. The first-order chi connectivity index (χ1) is 11.2. The van der Waals surface area contributed by atoms with Crippen LogP contribution in [0.4, 0.5) is 5.13 Å². The number of carbonyl (C=O) groups excluding carboxylic acids is 3. The van der Waals surface area contributed by atoms with Crippen LogP contribution in [-0.2, 0) is 29.5 Å². The molecule has 1 aliphatic heterocycles. The third-order valence-corrected chi connectivity index (χ3v) is 4.53. The molecule has 0 aromatic carbocycles. The van der Waals surface area contributed by atoms with Crippen LogP contribution in [0.3, 0.4) is 0 Å². The average molecular weight is 401 g/mol. The third-order valence-electron chi connectivity index (χ3n) is 2.93. The standard InChI is InChI=1S/C10H11N5O7S2.Na.H/c1-22-14-6(4-3-23-10(11)12-4)8(17)13-7-5(2-16)15(9(7)18)24(19,20)21;;/h2-3,5,7H,1H3,(H2,11,12)(H,13,17)(H,19,20,21);;/q;+1;-1/b14-6-;;/t5-,7+;;/m1../s1. The molecule has 12 nitrogen and oxygen atoms in total. The molecule has 0 radical (unpaired) electrons. The van der Waals surface area contributed by atoms with Gasteiger partial charge in [-0.1, -0.05) is 5.16 Å². The van der Waals surface area contributed by atoms with Crippen LogP contribution in [0.1, 0.15) is 7.12 Å². The molecule has 4 N–H and O–H groups in total. The van der Waals surface area contributed by atoms with Crippen molar-refractivity contribution in [3.8, 4) is 0 Å². The summed E-state index contributed by atoms with van der Waals surface area (Å²) in [5.74, 6) is -2.11. The second-order valence-corrected chi connectivity index (χ2v) is 6.56. The van der Waals surface area contributed by atoms with E-state index in [9.17, 15) is 22.8 Å². The van der Waals surface area contributed by atoms with Crippen LogP contribution in [-0.4, -0.2) is 65.3 Å². The van der Waals surface area contributed by atoms with Crippen molar-refractivity contribution in [2.45, 2.75) is 12.1 Å². The fourth-order valence-corrected chi connectivity index (χ4v) is 3.30. The monoisotopic (exact) mass is 401 g/mol. The van der Waals surface area contributed by atoms with E-state index in [1.807, 2.05) is 0 Å². The van der Waals surface area contributed by atoms with E-state index >= 15 is 0 Å². The zero-order valence-corrected chi connectivity index (χ0v) is 16.6. The van der Waals surface area contributed by atoms with E-state index in [0.717, 1.165) is 11.3 Å². The van der Waals surface area contributed by atoms with Crippen LogP contribution >= 0.6 is 11.3 Å². The van der Waals surface area contributed by atoms with Gasteiger partial charge in [-0.15, -0.1) is 11.3 Å². The number of β-lactam (4-membered cyclic amide) rings is 1. The Hall–Kier alpha value is -1.58. The number of nitrogens with one attached hydrogen (secondary N) is 1. The molecule has 0 saturated carbocycles. The number of aldehydes is 1. The summed E-state index contributed by atoms with van der Waals surface area (Å²) in [6.07, 6.45) is 0.105. The smallest absolute Gasteiger partial charge is 1.00 e. The summed E-state index contributed by atoms with van der Waals surface area (Å²) in [4.78, 5) is 43.3. The third kappa shape index (κ3) is 4.34. The average Bonchev–Trinajstić information content (AvgIpc) is 2.91. The molecule has 0 unspecified atom stereocenters. The zero-order valence-electron chi connectivity index (χ0n) is 13.9. The quantitative estimate of drug-likeness (QED) is 0.105. The largest absolute Gasteiger partial charge is 1.00 e. The van der Waals surface area contributed by atoms with Crippen LogP contribution in [0.25, 0.3) is 0 Å². The number of nitrogens with two attached hydrogens (primary N) is 1. The molecule has 1 fully saturated rings. The Labute approximate surface area is 169 Å². The molecule has 132 valence electrons. The van der Waals surface area contributed by atoms with Crippen molar-refractivity contribution in [3.63, 3.8) is 0 Å². The van der Waals surface area contributed by atoms with Crippen LogP contribution < -0.4 is 40.6 Å². The van der Waals surface area contributed by atoms with Gasteiger partial charge in [0, 0.05) is 5.38 Å². The van der Waals surface area contributed by atoms with Crippen molar-refractivity contribution in [2.24, 2.45) is 5.16 Å². The van der Waals surface area contributed by atoms with Crippen LogP contribution in [0.5, 0.6) is 0 Å². The summed E-state index contributed by atoms with van der Waals surface area (Å²) in [6, 6.07) is -3.05. The zero-order chi connectivity index (χ0) is 18.1. The number of amides is 2. The molecule has 2 atom stereocenters. The van der Waals surface area contributed by atoms with Gasteiger partial charge in [0.2, 0.25) is 0 Å². The van der Waals surface area contributed by atoms with Crippen molar-refractivity contribution < 1.29 is 63.2 Å². The molecule has 2 rings (SSSR count). The molecule has 0 bridgehead atoms. The molecule has 1 aromatic rings. The summed E-state index contributed by atoms with van der Waals surface area (Å²) in [5.41, 5.74) is 5.20. The maximum absolute atomic E-state index is 12.2. The van der Waals surface area contributed by atoms with Crippen molar-refractivity contribution in [1.82, 2.24) is 14.6 Å². The normalized spacial score (nSPS) is 20.3. The molecular weight excluding hydrogens is 389 g/mol. The topological polar surface area (TPSA) is 181 Å². The number of anilines is 1. The minimum atomic E-state index is -4.91. The Morgan fingerprint density at radius 2 is 2.28 bits per heavy atom. The fourth-order valence-electron chi connectivity index (χ4n) is 1.93. The summed E-state index contributed by atoms with van der Waals surface area (Å²) < 4.78 is 30.8. The maximum atomic E-state index is 12.2. The molecule has 2 heterocycles. The molecule has 1 aromatic heterocycles. The van der Waals surface area contributed by atoms with Gasteiger partial charge < -0.3 is 22.1 Å². The molecule has 25 heavy (non-hydrogen) atoms. The number of hydrogen-bond acceptors (Lipinski definition) is 10. The van der Waals surface area contributed by atoms with E-state index < -0.39 is 34.2 Å². The summed E-state index contributed by atoms with van der Waals surface area (Å²) >= 11 is 1.03. The van der Waals surface area contributed by atoms with Gasteiger partial charge in [-0.2, -0.15) is 8.42 Å². The fraction of sp³-hybridized carbons (Fsp3) is 0.300. The number of thiazole rings is 1. The molecule has 1 aliphatic rings. The first kappa shape index (κ1) is 21.5. The molecule has 15 heteroatoms. The molecular formula is C10H12N5NaO7S2. The predicted molar refractivity (Wildman–Crippen MR) is 81.4 cm³/mol. The summed E-state index contributed by atoms with van der Waals surface area (Å²) in [6.45, 7) is 0. The summed E-state index contributed by atoms with van der Waals surface area (Å²) in [7, 11) is -3.73. The Balaban J connectivity index is 0.00000312. The number of carbonyl (C=O) groups is 3. The van der Waals surface area contributed by atoms with Crippen molar-refractivity contribution in [1.29, 1.82) is 0 Å². The van der Waals surface area contributed by atoms with Crippen LogP contribution in [0.15, 0.2) is 10.5 Å². The minimum absolute atomic E-state index is 0. The number of oxime groups is 1. The van der Waals surface area contributed by atoms with Gasteiger partial charge in [-0.05, 0) is 0 Å². The van der Waals surface area contributed by atoms with E-state index in [0.29, 0.717) is 0 Å². The number of rotatable bonds is 6. The Kier molecular flexibility index (Phi) is 7.04. The minimum Gasteiger partial charge on any atom is -1.00 e. The number of nitrogen functional groups attached to an aromatic ring is 1.